The van der Waals surface area contributed by atoms with Gasteiger partial charge >= 0.3 is 0 Å². The molecule has 0 fully saturated rings. The third-order valence-corrected chi connectivity index (χ3v) is 1.83. The van der Waals surface area contributed by atoms with Gasteiger partial charge < -0.3 is 10.7 Å². The zero-order chi connectivity index (χ0) is 10.5. The van der Waals surface area contributed by atoms with Crippen molar-refractivity contribution in [1.29, 1.82) is 0 Å². The summed E-state index contributed by atoms with van der Waals surface area (Å²) in [7, 11) is 0. The molecule has 0 amide bonds. The number of anilines is 3. The molecule has 76 valence electrons. The molecule has 0 saturated heterocycles. The smallest absolute Gasteiger partial charge is 0.229 e. The van der Waals surface area contributed by atoms with Gasteiger partial charge in [0.2, 0.25) is 5.95 Å². The summed E-state index contributed by atoms with van der Waals surface area (Å²) < 4.78 is 0. The Kier molecular flexibility index (Phi) is 2.75. The Hall–Kier alpha value is -2.14. The van der Waals surface area contributed by atoms with Crippen LogP contribution in [0.1, 0.15) is 0 Å². The molecular weight excluding hydrogens is 190 g/mol. The van der Waals surface area contributed by atoms with E-state index in [2.05, 4.69) is 20.7 Å². The van der Waals surface area contributed by atoms with E-state index in [9.17, 15) is 0 Å². The van der Waals surface area contributed by atoms with Crippen molar-refractivity contribution in [2.75, 3.05) is 10.7 Å². The van der Waals surface area contributed by atoms with Gasteiger partial charge in [-0.05, 0) is 12.1 Å². The molecule has 1 heterocycles. The maximum Gasteiger partial charge on any atom is 0.229 e. The predicted molar refractivity (Wildman–Crippen MR) is 59.6 cm³/mol. The first-order chi connectivity index (χ1) is 7.38. The zero-order valence-electron chi connectivity index (χ0n) is 8.01. The van der Waals surface area contributed by atoms with Crippen LogP contribution in [0.15, 0.2) is 42.6 Å². The highest BCUT2D eigenvalue weighted by Gasteiger charge is 1.97. The maximum absolute atomic E-state index is 5.24. The minimum Gasteiger partial charge on any atom is -0.324 e. The van der Waals surface area contributed by atoms with Gasteiger partial charge in [-0.2, -0.15) is 4.98 Å². The standard InChI is InChI=1S/C10H11N5/c11-15-9-6-7-12-10(14-9)13-8-4-2-1-3-5-8/h1-7H,11H2,(H2,12,13,14,15). The molecular formula is C10H11N5. The molecule has 0 atom stereocenters. The van der Waals surface area contributed by atoms with Gasteiger partial charge in [0.1, 0.15) is 5.82 Å². The summed E-state index contributed by atoms with van der Waals surface area (Å²) in [6.45, 7) is 0. The molecule has 0 aliphatic rings. The van der Waals surface area contributed by atoms with E-state index in [-0.39, 0.29) is 0 Å². The van der Waals surface area contributed by atoms with Gasteiger partial charge in [-0.15, -0.1) is 0 Å². The van der Waals surface area contributed by atoms with Gasteiger partial charge in [0.25, 0.3) is 0 Å². The van der Waals surface area contributed by atoms with Crippen LogP contribution in [-0.4, -0.2) is 9.97 Å². The second-order valence-electron chi connectivity index (χ2n) is 2.90. The summed E-state index contributed by atoms with van der Waals surface area (Å²) in [6, 6.07) is 11.4. The Morgan fingerprint density at radius 3 is 2.60 bits per heavy atom. The molecule has 1 aromatic carbocycles. The molecule has 0 saturated carbocycles. The summed E-state index contributed by atoms with van der Waals surface area (Å²) in [4.78, 5) is 8.19. The average molecular weight is 201 g/mol. The number of aromatic nitrogens is 2. The van der Waals surface area contributed by atoms with Gasteiger partial charge in [0.15, 0.2) is 0 Å². The SMILES string of the molecule is NNc1ccnc(Nc2ccccc2)n1. The summed E-state index contributed by atoms with van der Waals surface area (Å²) in [5.74, 6) is 6.33. The lowest BCUT2D eigenvalue weighted by atomic mass is 10.3. The van der Waals surface area contributed by atoms with Crippen LogP contribution in [0.25, 0.3) is 0 Å². The fourth-order valence-corrected chi connectivity index (χ4v) is 1.15. The number of nitrogen functional groups attached to an aromatic ring is 1. The van der Waals surface area contributed by atoms with E-state index < -0.39 is 0 Å². The highest BCUT2D eigenvalue weighted by molar-refractivity contribution is 5.53. The number of nitrogens with zero attached hydrogens (tertiary/aromatic N) is 2. The summed E-state index contributed by atoms with van der Waals surface area (Å²) >= 11 is 0. The number of nitrogens with two attached hydrogens (primary N) is 1. The topological polar surface area (TPSA) is 75.9 Å². The van der Waals surface area contributed by atoms with Gasteiger partial charge in [-0.1, -0.05) is 18.2 Å². The van der Waals surface area contributed by atoms with Crippen molar-refractivity contribution in [3.63, 3.8) is 0 Å². The molecule has 2 aromatic rings. The lowest BCUT2D eigenvalue weighted by Crippen LogP contribution is -2.09. The van der Waals surface area contributed by atoms with Crippen molar-refractivity contribution in [1.82, 2.24) is 9.97 Å². The van der Waals surface area contributed by atoms with Gasteiger partial charge in [0.05, 0.1) is 0 Å². The number of para-hydroxylation sites is 1. The van der Waals surface area contributed by atoms with Crippen molar-refractivity contribution in [2.24, 2.45) is 5.84 Å². The van der Waals surface area contributed by atoms with Crippen LogP contribution in [-0.2, 0) is 0 Å². The monoisotopic (exact) mass is 201 g/mol. The van der Waals surface area contributed by atoms with Crippen molar-refractivity contribution in [3.8, 4) is 0 Å². The zero-order valence-corrected chi connectivity index (χ0v) is 8.01. The lowest BCUT2D eigenvalue weighted by Gasteiger charge is -2.05. The van der Waals surface area contributed by atoms with Crippen molar-refractivity contribution >= 4 is 17.5 Å². The molecule has 5 heteroatoms. The number of hydrazine groups is 1. The molecule has 0 aliphatic heterocycles. The molecule has 0 unspecified atom stereocenters. The number of hydrogen-bond acceptors (Lipinski definition) is 5. The average Bonchev–Trinajstić information content (AvgIpc) is 2.31. The first kappa shape index (κ1) is 9.42. The largest absolute Gasteiger partial charge is 0.324 e. The predicted octanol–water partition coefficient (Wildman–Crippen LogP) is 1.51. The Morgan fingerprint density at radius 2 is 1.87 bits per heavy atom. The molecule has 2 rings (SSSR count). The summed E-state index contributed by atoms with van der Waals surface area (Å²) in [5, 5.41) is 3.06. The Balaban J connectivity index is 2.17. The van der Waals surface area contributed by atoms with Crippen LogP contribution in [0.4, 0.5) is 17.5 Å². The molecule has 0 aliphatic carbocycles. The van der Waals surface area contributed by atoms with Crippen LogP contribution >= 0.6 is 0 Å². The molecule has 15 heavy (non-hydrogen) atoms. The van der Waals surface area contributed by atoms with Crippen molar-refractivity contribution < 1.29 is 0 Å². The Morgan fingerprint density at radius 1 is 1.07 bits per heavy atom. The lowest BCUT2D eigenvalue weighted by molar-refractivity contribution is 1.14. The highest BCUT2D eigenvalue weighted by atomic mass is 15.3. The Bertz CT molecular complexity index is 429. The van der Waals surface area contributed by atoms with E-state index in [1.165, 1.54) is 0 Å². The number of benzene rings is 1. The van der Waals surface area contributed by atoms with Crippen LogP contribution in [0.5, 0.6) is 0 Å². The third-order valence-electron chi connectivity index (χ3n) is 1.83. The molecule has 1 aromatic heterocycles. The van der Waals surface area contributed by atoms with E-state index in [4.69, 9.17) is 5.84 Å². The Labute approximate surface area is 87.3 Å². The summed E-state index contributed by atoms with van der Waals surface area (Å²) in [5.41, 5.74) is 3.40. The first-order valence-corrected chi connectivity index (χ1v) is 4.50. The van der Waals surface area contributed by atoms with Gasteiger partial charge in [-0.3, -0.25) is 0 Å². The minimum atomic E-state index is 0.511. The molecule has 0 spiro atoms. The van der Waals surface area contributed by atoms with Gasteiger partial charge in [-0.25, -0.2) is 10.8 Å². The second kappa shape index (κ2) is 4.39. The van der Waals surface area contributed by atoms with E-state index in [1.807, 2.05) is 30.3 Å². The quantitative estimate of drug-likeness (QED) is 0.518. The van der Waals surface area contributed by atoms with Crippen LogP contribution < -0.4 is 16.6 Å². The van der Waals surface area contributed by atoms with Gasteiger partial charge in [0, 0.05) is 18.0 Å². The van der Waals surface area contributed by atoms with E-state index in [1.54, 1.807) is 12.3 Å². The molecule has 0 bridgehead atoms. The highest BCUT2D eigenvalue weighted by Crippen LogP contribution is 2.12. The normalized spacial score (nSPS) is 9.67. The summed E-state index contributed by atoms with van der Waals surface area (Å²) in [6.07, 6.45) is 1.63. The number of hydrogen-bond donors (Lipinski definition) is 3. The van der Waals surface area contributed by atoms with Crippen molar-refractivity contribution in [3.05, 3.63) is 42.6 Å². The molecule has 4 N–H and O–H groups in total. The van der Waals surface area contributed by atoms with E-state index in [0.29, 0.717) is 11.8 Å². The van der Waals surface area contributed by atoms with E-state index in [0.717, 1.165) is 5.69 Å². The van der Waals surface area contributed by atoms with Crippen LogP contribution in [0, 0.1) is 0 Å². The maximum atomic E-state index is 5.24. The van der Waals surface area contributed by atoms with Crippen molar-refractivity contribution in [2.45, 2.75) is 0 Å². The van der Waals surface area contributed by atoms with E-state index >= 15 is 0 Å². The van der Waals surface area contributed by atoms with Crippen LogP contribution in [0.3, 0.4) is 0 Å². The first-order valence-electron chi connectivity index (χ1n) is 4.50. The second-order valence-corrected chi connectivity index (χ2v) is 2.90. The number of rotatable bonds is 3. The third kappa shape index (κ3) is 2.41. The molecule has 0 radical (unpaired) electrons. The fourth-order valence-electron chi connectivity index (χ4n) is 1.15. The fraction of sp³-hybridized carbons (Fsp3) is 0. The number of nitrogens with one attached hydrogen (secondary N) is 2. The van der Waals surface area contributed by atoms with Crippen LogP contribution in [0.2, 0.25) is 0 Å². The minimum absolute atomic E-state index is 0.511. The molecule has 5 nitrogen and oxygen atoms in total.